The van der Waals surface area contributed by atoms with Crippen molar-refractivity contribution in [3.8, 4) is 0 Å². The third kappa shape index (κ3) is 20.0. The van der Waals surface area contributed by atoms with Gasteiger partial charge in [-0.25, -0.2) is 0 Å². The van der Waals surface area contributed by atoms with Crippen LogP contribution >= 0.6 is 0 Å². The maximum Gasteiger partial charge on any atom is 0.0926 e. The lowest BCUT2D eigenvalue weighted by atomic mass is 10.0. The number of nitrogens with two attached hydrogens (primary N) is 1. The lowest BCUT2D eigenvalue weighted by Crippen LogP contribution is -2.27. The molecule has 152 valence electrons. The number of ether oxygens (including phenoxy) is 2. The molecule has 0 heterocycles. The summed E-state index contributed by atoms with van der Waals surface area (Å²) in [5, 5.41) is 0. The van der Waals surface area contributed by atoms with Gasteiger partial charge in [-0.15, -0.1) is 0 Å². The van der Waals surface area contributed by atoms with Gasteiger partial charge < -0.3 is 15.2 Å². The highest BCUT2D eigenvalue weighted by Crippen LogP contribution is 2.13. The summed E-state index contributed by atoms with van der Waals surface area (Å²) in [5.41, 5.74) is 5.55. The van der Waals surface area contributed by atoms with Crippen LogP contribution in [0.3, 0.4) is 0 Å². The van der Waals surface area contributed by atoms with Crippen LogP contribution in [0.25, 0.3) is 0 Å². The van der Waals surface area contributed by atoms with Crippen LogP contribution < -0.4 is 5.73 Å². The van der Waals surface area contributed by atoms with Gasteiger partial charge in [0, 0.05) is 20.3 Å². The maximum atomic E-state index is 5.59. The van der Waals surface area contributed by atoms with E-state index in [0.717, 1.165) is 6.61 Å². The smallest absolute Gasteiger partial charge is 0.0926 e. The van der Waals surface area contributed by atoms with Crippen LogP contribution in [0.2, 0.25) is 0 Å². The summed E-state index contributed by atoms with van der Waals surface area (Å²) >= 11 is 0. The average Bonchev–Trinajstić information content (AvgIpc) is 2.64. The maximum absolute atomic E-state index is 5.59. The van der Waals surface area contributed by atoms with Gasteiger partial charge in [0.05, 0.1) is 12.7 Å². The molecule has 0 aromatic rings. The summed E-state index contributed by atoms with van der Waals surface area (Å²) < 4.78 is 10.8. The number of rotatable bonds is 21. The molecular weight excluding hydrogens is 310 g/mol. The zero-order valence-corrected chi connectivity index (χ0v) is 17.4. The largest absolute Gasteiger partial charge is 0.379 e. The minimum atomic E-state index is 0.0565. The third-order valence-electron chi connectivity index (χ3n) is 5.04. The predicted molar refractivity (Wildman–Crippen MR) is 110 cm³/mol. The van der Waals surface area contributed by atoms with Crippen molar-refractivity contribution in [3.63, 3.8) is 0 Å². The molecule has 0 radical (unpaired) electrons. The van der Waals surface area contributed by atoms with Gasteiger partial charge in [0.15, 0.2) is 0 Å². The quantitative estimate of drug-likeness (QED) is 0.247. The standard InChI is InChI=1S/C22H47NO2/c1-3-4-5-6-7-8-9-10-11-12-13-14-15-16-17-18-19-25-21-22(20-23)24-2/h22H,3-21,23H2,1-2H3. The lowest BCUT2D eigenvalue weighted by Gasteiger charge is -2.12. The first-order chi connectivity index (χ1) is 12.3. The molecule has 0 aromatic heterocycles. The van der Waals surface area contributed by atoms with Gasteiger partial charge in [-0.05, 0) is 6.42 Å². The normalized spacial score (nSPS) is 12.6. The van der Waals surface area contributed by atoms with Crippen molar-refractivity contribution < 1.29 is 9.47 Å². The number of methoxy groups -OCH3 is 1. The number of hydrogen-bond donors (Lipinski definition) is 1. The highest BCUT2D eigenvalue weighted by Gasteiger charge is 2.03. The zero-order valence-electron chi connectivity index (χ0n) is 17.4. The van der Waals surface area contributed by atoms with Crippen LogP contribution in [0, 0.1) is 0 Å². The summed E-state index contributed by atoms with van der Waals surface area (Å²) in [6, 6.07) is 0. The first kappa shape index (κ1) is 24.9. The van der Waals surface area contributed by atoms with Gasteiger partial charge in [0.2, 0.25) is 0 Å². The van der Waals surface area contributed by atoms with Gasteiger partial charge in [0.25, 0.3) is 0 Å². The minimum absolute atomic E-state index is 0.0565. The molecule has 0 saturated heterocycles. The van der Waals surface area contributed by atoms with Gasteiger partial charge in [0.1, 0.15) is 0 Å². The Labute approximate surface area is 158 Å². The molecule has 3 nitrogen and oxygen atoms in total. The molecule has 0 aliphatic rings. The molecule has 0 amide bonds. The molecule has 0 saturated carbocycles. The Hall–Kier alpha value is -0.120. The molecule has 0 aromatic carbocycles. The van der Waals surface area contributed by atoms with E-state index in [0.29, 0.717) is 13.2 Å². The summed E-state index contributed by atoms with van der Waals surface area (Å²) in [7, 11) is 1.69. The molecule has 3 heteroatoms. The Morgan fingerprint density at radius 2 is 1.04 bits per heavy atom. The van der Waals surface area contributed by atoms with E-state index in [9.17, 15) is 0 Å². The number of unbranched alkanes of at least 4 members (excludes halogenated alkanes) is 15. The van der Waals surface area contributed by atoms with Crippen LogP contribution in [0.4, 0.5) is 0 Å². The van der Waals surface area contributed by atoms with E-state index in [1.54, 1.807) is 7.11 Å². The van der Waals surface area contributed by atoms with Gasteiger partial charge >= 0.3 is 0 Å². The van der Waals surface area contributed by atoms with E-state index >= 15 is 0 Å². The second-order valence-electron chi connectivity index (χ2n) is 7.47. The molecule has 1 unspecified atom stereocenters. The molecule has 0 aliphatic heterocycles. The molecule has 0 rings (SSSR count). The van der Waals surface area contributed by atoms with Crippen molar-refractivity contribution in [2.45, 2.75) is 116 Å². The van der Waals surface area contributed by atoms with Crippen molar-refractivity contribution in [2.24, 2.45) is 5.73 Å². The molecule has 1 atom stereocenters. The molecule has 0 aliphatic carbocycles. The molecule has 25 heavy (non-hydrogen) atoms. The predicted octanol–water partition coefficient (Wildman–Crippen LogP) is 6.24. The van der Waals surface area contributed by atoms with Crippen molar-refractivity contribution in [3.05, 3.63) is 0 Å². The Bertz CT molecular complexity index is 232. The zero-order chi connectivity index (χ0) is 18.4. The van der Waals surface area contributed by atoms with Gasteiger partial charge in [-0.2, -0.15) is 0 Å². The van der Waals surface area contributed by atoms with Crippen LogP contribution in [0.1, 0.15) is 110 Å². The van der Waals surface area contributed by atoms with Crippen molar-refractivity contribution >= 4 is 0 Å². The van der Waals surface area contributed by atoms with Gasteiger partial charge in [-0.3, -0.25) is 0 Å². The summed E-state index contributed by atoms with van der Waals surface area (Å²) in [6.07, 6.45) is 22.5. The third-order valence-corrected chi connectivity index (χ3v) is 5.04. The van der Waals surface area contributed by atoms with Crippen LogP contribution in [0.5, 0.6) is 0 Å². The Morgan fingerprint density at radius 1 is 0.640 bits per heavy atom. The van der Waals surface area contributed by atoms with Crippen molar-refractivity contribution in [2.75, 3.05) is 26.9 Å². The van der Waals surface area contributed by atoms with Crippen molar-refractivity contribution in [1.82, 2.24) is 0 Å². The summed E-state index contributed by atoms with van der Waals surface area (Å²) in [6.45, 7) is 4.30. The molecule has 0 fully saturated rings. The molecular formula is C22H47NO2. The molecule has 0 spiro atoms. The van der Waals surface area contributed by atoms with Crippen molar-refractivity contribution in [1.29, 1.82) is 0 Å². The fraction of sp³-hybridized carbons (Fsp3) is 1.00. The highest BCUT2D eigenvalue weighted by atomic mass is 16.5. The van der Waals surface area contributed by atoms with Crippen LogP contribution in [-0.2, 0) is 9.47 Å². The SMILES string of the molecule is CCCCCCCCCCCCCCCCCCOCC(CN)OC. The Morgan fingerprint density at radius 3 is 1.40 bits per heavy atom. The summed E-state index contributed by atoms with van der Waals surface area (Å²) in [4.78, 5) is 0. The lowest BCUT2D eigenvalue weighted by molar-refractivity contribution is 0.0124. The molecule has 2 N–H and O–H groups in total. The van der Waals surface area contributed by atoms with Gasteiger partial charge in [-0.1, -0.05) is 103 Å². The van der Waals surface area contributed by atoms with E-state index < -0.39 is 0 Å². The monoisotopic (exact) mass is 357 g/mol. The summed E-state index contributed by atoms with van der Waals surface area (Å²) in [5.74, 6) is 0. The second-order valence-corrected chi connectivity index (χ2v) is 7.47. The van der Waals surface area contributed by atoms with Crippen LogP contribution in [-0.4, -0.2) is 33.0 Å². The Kier molecular flexibility index (Phi) is 21.8. The number of hydrogen-bond acceptors (Lipinski definition) is 3. The average molecular weight is 358 g/mol. The fourth-order valence-corrected chi connectivity index (χ4v) is 3.20. The van der Waals surface area contributed by atoms with E-state index in [4.69, 9.17) is 15.2 Å². The topological polar surface area (TPSA) is 44.5 Å². The minimum Gasteiger partial charge on any atom is -0.379 e. The highest BCUT2D eigenvalue weighted by molar-refractivity contribution is 4.55. The van der Waals surface area contributed by atoms with E-state index in [1.165, 1.54) is 103 Å². The van der Waals surface area contributed by atoms with E-state index in [2.05, 4.69) is 6.92 Å². The van der Waals surface area contributed by atoms with E-state index in [1.807, 2.05) is 0 Å². The molecule has 0 bridgehead atoms. The fourth-order valence-electron chi connectivity index (χ4n) is 3.20. The van der Waals surface area contributed by atoms with E-state index in [-0.39, 0.29) is 6.10 Å². The van der Waals surface area contributed by atoms with Crippen LogP contribution in [0.15, 0.2) is 0 Å². The first-order valence-corrected chi connectivity index (χ1v) is 11.2. The first-order valence-electron chi connectivity index (χ1n) is 11.2. The Balaban J connectivity index is 3.03. The second kappa shape index (κ2) is 21.9.